The highest BCUT2D eigenvalue weighted by molar-refractivity contribution is 5.83. The largest absolute Gasteiger partial charge is 0.497 e. The summed E-state index contributed by atoms with van der Waals surface area (Å²) in [4.78, 5) is 23.0. The van der Waals surface area contributed by atoms with Crippen LogP contribution in [0.4, 0.5) is 0 Å². The predicted octanol–water partition coefficient (Wildman–Crippen LogP) is 5.40. The Labute approximate surface area is 208 Å². The molecule has 1 aliphatic heterocycles. The number of nitrogens with zero attached hydrogens (tertiary/aromatic N) is 3. The van der Waals surface area contributed by atoms with Gasteiger partial charge in [-0.1, -0.05) is 6.42 Å². The Kier molecular flexibility index (Phi) is 9.07. The van der Waals surface area contributed by atoms with Crippen LogP contribution in [0.2, 0.25) is 0 Å². The number of rotatable bonds is 12. The van der Waals surface area contributed by atoms with E-state index >= 15 is 0 Å². The number of carbonyl (C=O) groups is 1. The predicted molar refractivity (Wildman–Crippen MR) is 139 cm³/mol. The van der Waals surface area contributed by atoms with Crippen LogP contribution in [0.15, 0.2) is 55.0 Å². The number of benzene rings is 1. The molecule has 2 atom stereocenters. The van der Waals surface area contributed by atoms with Crippen molar-refractivity contribution in [3.05, 3.63) is 66.1 Å². The summed E-state index contributed by atoms with van der Waals surface area (Å²) < 4.78 is 5.39. The van der Waals surface area contributed by atoms with E-state index in [0.717, 1.165) is 68.3 Å². The third-order valence-electron chi connectivity index (χ3n) is 7.41. The molecule has 0 aliphatic carbocycles. The lowest BCUT2D eigenvalue weighted by molar-refractivity contribution is -0.146. The molecule has 0 saturated carbocycles. The first kappa shape index (κ1) is 25.1. The molecule has 3 heterocycles. The molecule has 0 spiro atoms. The number of carboxylic acids is 1. The highest BCUT2D eigenvalue weighted by Crippen LogP contribution is 2.30. The number of aryl methyl sites for hydroxylation is 2. The molecule has 0 unspecified atom stereocenters. The van der Waals surface area contributed by atoms with Gasteiger partial charge in [-0.05, 0) is 111 Å². The van der Waals surface area contributed by atoms with Gasteiger partial charge in [0, 0.05) is 30.5 Å². The summed E-state index contributed by atoms with van der Waals surface area (Å²) in [5, 5.41) is 11.0. The molecule has 4 rings (SSSR count). The van der Waals surface area contributed by atoms with E-state index in [2.05, 4.69) is 33.1 Å². The molecule has 35 heavy (non-hydrogen) atoms. The number of methoxy groups -OCH3 is 1. The number of ether oxygens (including phenoxy) is 1. The molecular weight excluding hydrogens is 438 g/mol. The van der Waals surface area contributed by atoms with E-state index in [1.54, 1.807) is 7.11 Å². The van der Waals surface area contributed by atoms with Gasteiger partial charge in [0.1, 0.15) is 5.75 Å². The average Bonchev–Trinajstić information content (AvgIpc) is 2.89. The molecule has 2 aromatic heterocycles. The number of hydrogen-bond donors (Lipinski definition) is 1. The second-order valence-corrected chi connectivity index (χ2v) is 9.71. The van der Waals surface area contributed by atoms with Crippen LogP contribution < -0.4 is 4.74 Å². The van der Waals surface area contributed by atoms with Gasteiger partial charge in [0.15, 0.2) is 0 Å². The van der Waals surface area contributed by atoms with Gasteiger partial charge in [0.05, 0.1) is 18.5 Å². The average molecular weight is 476 g/mol. The van der Waals surface area contributed by atoms with Crippen LogP contribution in [-0.4, -0.2) is 52.7 Å². The van der Waals surface area contributed by atoms with Crippen LogP contribution in [0.1, 0.15) is 49.7 Å². The van der Waals surface area contributed by atoms with Crippen molar-refractivity contribution in [3.8, 4) is 5.75 Å². The zero-order valence-corrected chi connectivity index (χ0v) is 20.7. The van der Waals surface area contributed by atoms with Crippen molar-refractivity contribution >= 4 is 16.9 Å². The molecule has 3 aromatic rings. The maximum Gasteiger partial charge on any atom is 0.308 e. The Morgan fingerprint density at radius 3 is 2.71 bits per heavy atom. The van der Waals surface area contributed by atoms with Crippen molar-refractivity contribution < 1.29 is 14.6 Å². The van der Waals surface area contributed by atoms with E-state index < -0.39 is 5.97 Å². The summed E-state index contributed by atoms with van der Waals surface area (Å²) in [6.07, 6.45) is 13.9. The molecule has 1 N–H and O–H groups in total. The van der Waals surface area contributed by atoms with Crippen molar-refractivity contribution in [2.24, 2.45) is 11.8 Å². The Morgan fingerprint density at radius 1 is 1.06 bits per heavy atom. The van der Waals surface area contributed by atoms with E-state index in [4.69, 9.17) is 4.74 Å². The molecule has 1 saturated heterocycles. The minimum absolute atomic E-state index is 0.248. The van der Waals surface area contributed by atoms with Crippen molar-refractivity contribution in [1.29, 1.82) is 0 Å². The summed E-state index contributed by atoms with van der Waals surface area (Å²) in [6.45, 7) is 2.69. The smallest absolute Gasteiger partial charge is 0.308 e. The number of pyridine rings is 2. The van der Waals surface area contributed by atoms with Gasteiger partial charge in [-0.3, -0.25) is 14.8 Å². The van der Waals surface area contributed by atoms with Gasteiger partial charge in [0.2, 0.25) is 0 Å². The molecule has 0 bridgehead atoms. The second-order valence-electron chi connectivity index (χ2n) is 9.71. The van der Waals surface area contributed by atoms with Gasteiger partial charge < -0.3 is 14.7 Å². The van der Waals surface area contributed by atoms with E-state index in [-0.39, 0.29) is 11.8 Å². The number of piperidine rings is 1. The maximum absolute atomic E-state index is 12.1. The quantitative estimate of drug-likeness (QED) is 0.354. The Balaban J connectivity index is 1.23. The first-order valence-electron chi connectivity index (χ1n) is 12.9. The number of fused-ring (bicyclic) bond motifs is 1. The lowest BCUT2D eigenvalue weighted by atomic mass is 9.81. The molecule has 1 fully saturated rings. The second kappa shape index (κ2) is 12.6. The number of carboxylic acid groups (broad SMARTS) is 1. The van der Waals surface area contributed by atoms with Crippen molar-refractivity contribution in [3.63, 3.8) is 0 Å². The highest BCUT2D eigenvalue weighted by Gasteiger charge is 2.33. The first-order valence-corrected chi connectivity index (χ1v) is 12.9. The normalized spacial score (nSPS) is 18.5. The Hall–Kier alpha value is -2.99. The minimum atomic E-state index is -0.642. The van der Waals surface area contributed by atoms with Gasteiger partial charge in [-0.25, -0.2) is 0 Å². The Morgan fingerprint density at radius 2 is 1.91 bits per heavy atom. The lowest BCUT2D eigenvalue weighted by Crippen LogP contribution is -2.44. The first-order chi connectivity index (χ1) is 17.1. The van der Waals surface area contributed by atoms with E-state index in [1.807, 2.05) is 36.8 Å². The fourth-order valence-electron chi connectivity index (χ4n) is 5.37. The van der Waals surface area contributed by atoms with E-state index in [9.17, 15) is 9.90 Å². The van der Waals surface area contributed by atoms with Gasteiger partial charge in [-0.15, -0.1) is 0 Å². The molecular formula is C29H37N3O3. The highest BCUT2D eigenvalue weighted by atomic mass is 16.5. The van der Waals surface area contributed by atoms with E-state index in [0.29, 0.717) is 6.54 Å². The number of likely N-dealkylation sites (tertiary alicyclic amines) is 1. The Bertz CT molecular complexity index is 1090. The summed E-state index contributed by atoms with van der Waals surface area (Å²) in [5.74, 6) is 0.173. The molecule has 1 aromatic carbocycles. The molecule has 1 aliphatic rings. The molecule has 0 radical (unpaired) electrons. The summed E-state index contributed by atoms with van der Waals surface area (Å²) >= 11 is 0. The topological polar surface area (TPSA) is 75.5 Å². The summed E-state index contributed by atoms with van der Waals surface area (Å²) in [6, 6.07) is 12.2. The van der Waals surface area contributed by atoms with Gasteiger partial charge in [-0.2, -0.15) is 0 Å². The monoisotopic (exact) mass is 475 g/mol. The number of hydrogen-bond acceptors (Lipinski definition) is 5. The summed E-state index contributed by atoms with van der Waals surface area (Å²) in [5.41, 5.74) is 3.57. The molecule has 6 nitrogen and oxygen atoms in total. The minimum Gasteiger partial charge on any atom is -0.497 e. The molecule has 0 amide bonds. The fourth-order valence-corrected chi connectivity index (χ4v) is 5.37. The fraction of sp³-hybridized carbons (Fsp3) is 0.483. The van der Waals surface area contributed by atoms with Gasteiger partial charge >= 0.3 is 5.97 Å². The standard InChI is InChI=1S/C29H37N3O3/c1-35-25-9-10-28-26(20-25)23(13-17-31-28)7-5-8-24-14-19-32(21-27(24)29(33)34)18-4-2-3-6-22-11-15-30-16-12-22/h9-13,15-17,20,24,27H,2-8,14,18-19,21H2,1H3,(H,33,34)/t24-,27+/m1/s1. The molecule has 6 heteroatoms. The van der Waals surface area contributed by atoms with Crippen molar-refractivity contribution in [2.45, 2.75) is 51.4 Å². The zero-order chi connectivity index (χ0) is 24.5. The maximum atomic E-state index is 12.1. The SMILES string of the molecule is COc1ccc2nccc(CCC[C@@H]3CCN(CCCCCc4ccncc4)C[C@@H]3C(=O)O)c2c1. The van der Waals surface area contributed by atoms with Crippen molar-refractivity contribution in [1.82, 2.24) is 14.9 Å². The van der Waals surface area contributed by atoms with E-state index in [1.165, 1.54) is 24.0 Å². The zero-order valence-electron chi connectivity index (χ0n) is 20.7. The van der Waals surface area contributed by atoms with Crippen LogP contribution >= 0.6 is 0 Å². The van der Waals surface area contributed by atoms with Gasteiger partial charge in [0.25, 0.3) is 0 Å². The number of aromatic nitrogens is 2. The summed E-state index contributed by atoms with van der Waals surface area (Å²) in [7, 11) is 1.68. The number of unbranched alkanes of at least 4 members (excludes halogenated alkanes) is 2. The van der Waals surface area contributed by atoms with Crippen LogP contribution in [-0.2, 0) is 17.6 Å². The van der Waals surface area contributed by atoms with Crippen molar-refractivity contribution in [2.75, 3.05) is 26.7 Å². The van der Waals surface area contributed by atoms with Crippen LogP contribution in [0.5, 0.6) is 5.75 Å². The third kappa shape index (κ3) is 7.01. The number of aliphatic carboxylic acids is 1. The molecule has 186 valence electrons. The van der Waals surface area contributed by atoms with Crippen LogP contribution in [0.25, 0.3) is 10.9 Å². The lowest BCUT2D eigenvalue weighted by Gasteiger charge is -2.36. The van der Waals surface area contributed by atoms with Crippen LogP contribution in [0.3, 0.4) is 0 Å². The van der Waals surface area contributed by atoms with Crippen LogP contribution in [0, 0.1) is 11.8 Å². The third-order valence-corrected chi connectivity index (χ3v) is 7.41.